The van der Waals surface area contributed by atoms with Gasteiger partial charge in [0.2, 0.25) is 0 Å². The van der Waals surface area contributed by atoms with Gasteiger partial charge in [0.05, 0.1) is 5.56 Å². The van der Waals surface area contributed by atoms with Gasteiger partial charge < -0.3 is 5.32 Å². The van der Waals surface area contributed by atoms with E-state index in [2.05, 4.69) is 5.32 Å². The monoisotopic (exact) mass is 227 g/mol. The maximum absolute atomic E-state index is 13.1. The Morgan fingerprint density at radius 3 is 2.62 bits per heavy atom. The van der Waals surface area contributed by atoms with Gasteiger partial charge in [-0.15, -0.1) is 0 Å². The van der Waals surface area contributed by atoms with Crippen molar-refractivity contribution in [3.63, 3.8) is 0 Å². The van der Waals surface area contributed by atoms with Crippen LogP contribution in [0.3, 0.4) is 0 Å². The molecule has 1 aromatic rings. The van der Waals surface area contributed by atoms with E-state index in [1.54, 1.807) is 0 Å². The Bertz CT molecular complexity index is 418. The summed E-state index contributed by atoms with van der Waals surface area (Å²) in [6, 6.07) is 2.41. The minimum Gasteiger partial charge on any atom is -0.349 e. The second-order valence-corrected chi connectivity index (χ2v) is 3.21. The van der Waals surface area contributed by atoms with Crippen LogP contribution in [0.1, 0.15) is 23.7 Å². The maximum Gasteiger partial charge on any atom is 0.292 e. The summed E-state index contributed by atoms with van der Waals surface area (Å²) in [4.78, 5) is 22.6. The molecule has 1 rings (SSSR count). The van der Waals surface area contributed by atoms with Crippen molar-refractivity contribution in [2.75, 3.05) is 6.54 Å². The zero-order valence-electron chi connectivity index (χ0n) is 8.72. The van der Waals surface area contributed by atoms with Crippen molar-refractivity contribution in [1.29, 1.82) is 0 Å². The highest BCUT2D eigenvalue weighted by Gasteiger charge is 2.19. The van der Waals surface area contributed by atoms with Gasteiger partial charge in [0.25, 0.3) is 11.7 Å². The van der Waals surface area contributed by atoms with Gasteiger partial charge in [0.15, 0.2) is 0 Å². The summed E-state index contributed by atoms with van der Waals surface area (Å²) < 4.78 is 25.9. The molecule has 3 nitrogen and oxygen atoms in total. The molecule has 1 amide bonds. The van der Waals surface area contributed by atoms with Gasteiger partial charge >= 0.3 is 0 Å². The van der Waals surface area contributed by atoms with Crippen LogP contribution in [0.15, 0.2) is 18.2 Å². The fourth-order valence-corrected chi connectivity index (χ4v) is 1.11. The highest BCUT2D eigenvalue weighted by Crippen LogP contribution is 2.10. The molecule has 1 N–H and O–H groups in total. The van der Waals surface area contributed by atoms with Gasteiger partial charge in [0.1, 0.15) is 11.6 Å². The van der Waals surface area contributed by atoms with Crippen molar-refractivity contribution in [3.8, 4) is 0 Å². The summed E-state index contributed by atoms with van der Waals surface area (Å²) in [7, 11) is 0. The van der Waals surface area contributed by atoms with Gasteiger partial charge in [-0.2, -0.15) is 0 Å². The van der Waals surface area contributed by atoms with E-state index in [0.717, 1.165) is 12.1 Å². The Balaban J connectivity index is 2.87. The number of halogens is 2. The molecule has 0 spiro atoms. The highest BCUT2D eigenvalue weighted by molar-refractivity contribution is 6.42. The van der Waals surface area contributed by atoms with Gasteiger partial charge in [-0.05, 0) is 24.6 Å². The highest BCUT2D eigenvalue weighted by atomic mass is 19.1. The van der Waals surface area contributed by atoms with Crippen molar-refractivity contribution in [1.82, 2.24) is 5.32 Å². The minimum absolute atomic E-state index is 0.321. The molecule has 0 radical (unpaired) electrons. The fourth-order valence-electron chi connectivity index (χ4n) is 1.11. The van der Waals surface area contributed by atoms with Crippen LogP contribution >= 0.6 is 0 Å². The van der Waals surface area contributed by atoms with Crippen molar-refractivity contribution in [2.45, 2.75) is 13.3 Å². The first-order valence-electron chi connectivity index (χ1n) is 4.83. The molecule has 0 aliphatic rings. The van der Waals surface area contributed by atoms with Crippen LogP contribution in [-0.4, -0.2) is 18.2 Å². The van der Waals surface area contributed by atoms with Gasteiger partial charge in [-0.3, -0.25) is 9.59 Å². The SMILES string of the molecule is CCCNC(=O)C(=O)c1cc(F)ccc1F. The molecule has 1 aromatic carbocycles. The molecule has 0 aliphatic heterocycles. The summed E-state index contributed by atoms with van der Waals surface area (Å²) in [6.45, 7) is 2.13. The number of hydrogen-bond acceptors (Lipinski definition) is 2. The lowest BCUT2D eigenvalue weighted by molar-refractivity contribution is -0.117. The Morgan fingerprint density at radius 1 is 1.31 bits per heavy atom. The van der Waals surface area contributed by atoms with Crippen LogP contribution < -0.4 is 5.32 Å². The molecule has 16 heavy (non-hydrogen) atoms. The van der Waals surface area contributed by atoms with E-state index in [-0.39, 0.29) is 0 Å². The molecular formula is C11H11F2NO2. The summed E-state index contributed by atoms with van der Waals surface area (Å²) in [5.41, 5.74) is -0.548. The minimum atomic E-state index is -1.06. The molecule has 5 heteroatoms. The number of benzene rings is 1. The number of rotatable bonds is 4. The van der Waals surface area contributed by atoms with Crippen LogP contribution in [0.2, 0.25) is 0 Å². The third kappa shape index (κ3) is 2.85. The molecule has 0 heterocycles. The fraction of sp³-hybridized carbons (Fsp3) is 0.273. The topological polar surface area (TPSA) is 46.2 Å². The first-order valence-corrected chi connectivity index (χ1v) is 4.83. The quantitative estimate of drug-likeness (QED) is 0.628. The van der Waals surface area contributed by atoms with Crippen molar-refractivity contribution >= 4 is 11.7 Å². The second kappa shape index (κ2) is 5.34. The number of hydrogen-bond donors (Lipinski definition) is 1. The van der Waals surface area contributed by atoms with E-state index < -0.39 is 28.9 Å². The molecule has 0 fully saturated rings. The molecule has 0 aromatic heterocycles. The van der Waals surface area contributed by atoms with Crippen LogP contribution in [0.4, 0.5) is 8.78 Å². The Hall–Kier alpha value is -1.78. The predicted octanol–water partition coefficient (Wildman–Crippen LogP) is 1.67. The van der Waals surface area contributed by atoms with Crippen molar-refractivity contribution in [3.05, 3.63) is 35.4 Å². The third-order valence-corrected chi connectivity index (χ3v) is 1.91. The second-order valence-electron chi connectivity index (χ2n) is 3.21. The van der Waals surface area contributed by atoms with Crippen LogP contribution in [0.5, 0.6) is 0 Å². The lowest BCUT2D eigenvalue weighted by atomic mass is 10.1. The van der Waals surface area contributed by atoms with Crippen LogP contribution in [0, 0.1) is 11.6 Å². The summed E-state index contributed by atoms with van der Waals surface area (Å²) >= 11 is 0. The largest absolute Gasteiger partial charge is 0.349 e. The van der Waals surface area contributed by atoms with Gasteiger partial charge in [-0.1, -0.05) is 6.92 Å². The molecular weight excluding hydrogens is 216 g/mol. The maximum atomic E-state index is 13.1. The third-order valence-electron chi connectivity index (χ3n) is 1.91. The van der Waals surface area contributed by atoms with E-state index in [1.165, 1.54) is 0 Å². The zero-order chi connectivity index (χ0) is 12.1. The molecule has 0 atom stereocenters. The van der Waals surface area contributed by atoms with Crippen molar-refractivity contribution in [2.24, 2.45) is 0 Å². The van der Waals surface area contributed by atoms with Crippen LogP contribution in [0.25, 0.3) is 0 Å². The number of ketones is 1. The van der Waals surface area contributed by atoms with Crippen molar-refractivity contribution < 1.29 is 18.4 Å². The number of nitrogens with one attached hydrogen (secondary N) is 1. The molecule has 0 aliphatic carbocycles. The number of carbonyl (C=O) groups is 2. The summed E-state index contributed by atoms with van der Waals surface area (Å²) in [5.74, 6) is -3.65. The van der Waals surface area contributed by atoms with E-state index in [9.17, 15) is 18.4 Å². The number of amides is 1. The van der Waals surface area contributed by atoms with Crippen LogP contribution in [-0.2, 0) is 4.79 Å². The summed E-state index contributed by atoms with van der Waals surface area (Å²) in [6.07, 6.45) is 0.657. The Morgan fingerprint density at radius 2 is 2.00 bits per heavy atom. The molecule has 0 saturated heterocycles. The lowest BCUT2D eigenvalue weighted by Crippen LogP contribution is -2.32. The molecule has 0 unspecified atom stereocenters. The van der Waals surface area contributed by atoms with Gasteiger partial charge in [-0.25, -0.2) is 8.78 Å². The predicted molar refractivity (Wildman–Crippen MR) is 54.0 cm³/mol. The van der Waals surface area contributed by atoms with E-state index in [1.807, 2.05) is 6.92 Å². The number of carbonyl (C=O) groups excluding carboxylic acids is 2. The Labute approximate surface area is 91.5 Å². The lowest BCUT2D eigenvalue weighted by Gasteiger charge is -2.03. The smallest absolute Gasteiger partial charge is 0.292 e. The normalized spacial score (nSPS) is 9.94. The first kappa shape index (κ1) is 12.3. The zero-order valence-corrected chi connectivity index (χ0v) is 8.72. The first-order chi connectivity index (χ1) is 7.56. The molecule has 0 bridgehead atoms. The Kier molecular flexibility index (Phi) is 4.10. The average Bonchev–Trinajstić information content (AvgIpc) is 2.28. The average molecular weight is 227 g/mol. The molecule has 0 saturated carbocycles. The summed E-state index contributed by atoms with van der Waals surface area (Å²) in [5, 5.41) is 2.30. The van der Waals surface area contributed by atoms with E-state index in [0.29, 0.717) is 19.0 Å². The standard InChI is InChI=1S/C11H11F2NO2/c1-2-5-14-11(16)10(15)8-6-7(12)3-4-9(8)13/h3-4,6H,2,5H2,1H3,(H,14,16). The van der Waals surface area contributed by atoms with E-state index in [4.69, 9.17) is 0 Å². The van der Waals surface area contributed by atoms with Gasteiger partial charge in [0, 0.05) is 6.54 Å². The molecule has 86 valence electrons. The number of Topliss-reactive ketones (excluding diaryl/α,β-unsaturated/α-hetero) is 1. The van der Waals surface area contributed by atoms with E-state index >= 15 is 0 Å².